The third-order valence-corrected chi connectivity index (χ3v) is 4.59. The zero-order valence-electron chi connectivity index (χ0n) is 13.6. The lowest BCUT2D eigenvalue weighted by atomic mass is 10.1. The van der Waals surface area contributed by atoms with Gasteiger partial charge in [-0.25, -0.2) is 0 Å². The standard InChI is InChI=1S/C18H15Cl2N3O2/c1-9-5-10(25-2)3-4-15(9)23-17-11-6-13(19)14(20)7-16(11)22-8-12(17)18(21)24/h3-8H,1-2H3,(H2,21,24)(H,22,23). The highest BCUT2D eigenvalue weighted by Gasteiger charge is 2.16. The Hall–Kier alpha value is -2.50. The zero-order valence-corrected chi connectivity index (χ0v) is 15.1. The van der Waals surface area contributed by atoms with Gasteiger partial charge in [-0.2, -0.15) is 0 Å². The Labute approximate surface area is 154 Å². The monoisotopic (exact) mass is 375 g/mol. The van der Waals surface area contributed by atoms with Crippen LogP contribution in [0.2, 0.25) is 10.0 Å². The first kappa shape index (κ1) is 17.3. The smallest absolute Gasteiger partial charge is 0.252 e. The molecule has 5 nitrogen and oxygen atoms in total. The molecule has 0 saturated carbocycles. The van der Waals surface area contributed by atoms with E-state index in [4.69, 9.17) is 33.7 Å². The maximum absolute atomic E-state index is 11.9. The van der Waals surface area contributed by atoms with Gasteiger partial charge in [0.2, 0.25) is 0 Å². The highest BCUT2D eigenvalue weighted by atomic mass is 35.5. The average Bonchev–Trinajstić information content (AvgIpc) is 2.57. The Morgan fingerprint density at radius 1 is 1.20 bits per heavy atom. The maximum Gasteiger partial charge on any atom is 0.252 e. The highest BCUT2D eigenvalue weighted by molar-refractivity contribution is 6.43. The molecule has 25 heavy (non-hydrogen) atoms. The number of anilines is 2. The lowest BCUT2D eigenvalue weighted by Crippen LogP contribution is -2.14. The highest BCUT2D eigenvalue weighted by Crippen LogP contribution is 2.35. The molecule has 1 heterocycles. The van der Waals surface area contributed by atoms with Gasteiger partial charge in [0.1, 0.15) is 5.75 Å². The number of aromatic nitrogens is 1. The predicted molar refractivity (Wildman–Crippen MR) is 101 cm³/mol. The van der Waals surface area contributed by atoms with E-state index >= 15 is 0 Å². The number of nitrogens with zero attached hydrogens (tertiary/aromatic N) is 1. The van der Waals surface area contributed by atoms with Crippen molar-refractivity contribution in [1.82, 2.24) is 4.98 Å². The predicted octanol–water partition coefficient (Wildman–Crippen LogP) is 4.70. The summed E-state index contributed by atoms with van der Waals surface area (Å²) in [6.07, 6.45) is 1.43. The molecule has 7 heteroatoms. The van der Waals surface area contributed by atoms with Crippen LogP contribution in [0.15, 0.2) is 36.5 Å². The molecular formula is C18H15Cl2N3O2. The van der Waals surface area contributed by atoms with Gasteiger partial charge in [0.05, 0.1) is 33.9 Å². The molecule has 128 valence electrons. The van der Waals surface area contributed by atoms with Crippen LogP contribution in [0.4, 0.5) is 11.4 Å². The third-order valence-electron chi connectivity index (χ3n) is 3.87. The summed E-state index contributed by atoms with van der Waals surface area (Å²) < 4.78 is 5.22. The molecule has 0 spiro atoms. The van der Waals surface area contributed by atoms with Crippen LogP contribution >= 0.6 is 23.2 Å². The molecule has 3 rings (SSSR count). The first-order chi connectivity index (χ1) is 11.9. The van der Waals surface area contributed by atoms with Gasteiger partial charge in [0.25, 0.3) is 5.91 Å². The van der Waals surface area contributed by atoms with E-state index < -0.39 is 5.91 Å². The molecule has 0 saturated heterocycles. The van der Waals surface area contributed by atoms with Gasteiger partial charge in [-0.15, -0.1) is 0 Å². The summed E-state index contributed by atoms with van der Waals surface area (Å²) in [4.78, 5) is 16.1. The molecule has 0 atom stereocenters. The van der Waals surface area contributed by atoms with Crippen LogP contribution < -0.4 is 15.8 Å². The van der Waals surface area contributed by atoms with Gasteiger partial charge in [0, 0.05) is 17.3 Å². The molecule has 0 aliphatic carbocycles. The van der Waals surface area contributed by atoms with Crippen LogP contribution in [0, 0.1) is 6.92 Å². The van der Waals surface area contributed by atoms with Gasteiger partial charge in [-0.05, 0) is 42.8 Å². The van der Waals surface area contributed by atoms with Crippen molar-refractivity contribution in [2.75, 3.05) is 12.4 Å². The summed E-state index contributed by atoms with van der Waals surface area (Å²) in [5.41, 5.74) is 8.67. The third kappa shape index (κ3) is 3.34. The Bertz CT molecular complexity index is 990. The lowest BCUT2D eigenvalue weighted by Gasteiger charge is -2.16. The van der Waals surface area contributed by atoms with Crippen LogP contribution in [0.3, 0.4) is 0 Å². The molecule has 0 radical (unpaired) electrons. The van der Waals surface area contributed by atoms with Crippen molar-refractivity contribution in [3.05, 3.63) is 57.7 Å². The second-order valence-electron chi connectivity index (χ2n) is 5.50. The lowest BCUT2D eigenvalue weighted by molar-refractivity contribution is 0.100. The molecule has 3 aromatic rings. The van der Waals surface area contributed by atoms with Crippen molar-refractivity contribution in [2.24, 2.45) is 5.73 Å². The molecule has 3 N–H and O–H groups in total. The van der Waals surface area contributed by atoms with Gasteiger partial charge in [-0.3, -0.25) is 9.78 Å². The quantitative estimate of drug-likeness (QED) is 0.692. The number of rotatable bonds is 4. The largest absolute Gasteiger partial charge is 0.497 e. The van der Waals surface area contributed by atoms with E-state index in [0.29, 0.717) is 26.6 Å². The number of halogens is 2. The van der Waals surface area contributed by atoms with Gasteiger partial charge >= 0.3 is 0 Å². The van der Waals surface area contributed by atoms with E-state index in [-0.39, 0.29) is 5.56 Å². The fraction of sp³-hybridized carbons (Fsp3) is 0.111. The van der Waals surface area contributed by atoms with E-state index in [1.54, 1.807) is 19.2 Å². The normalized spacial score (nSPS) is 10.7. The molecule has 0 aliphatic heterocycles. The molecule has 1 amide bonds. The second kappa shape index (κ2) is 6.78. The number of fused-ring (bicyclic) bond motifs is 1. The molecule has 1 aromatic heterocycles. The molecule has 0 aliphatic rings. The number of nitrogens with one attached hydrogen (secondary N) is 1. The summed E-state index contributed by atoms with van der Waals surface area (Å²) in [6, 6.07) is 8.89. The Kier molecular flexibility index (Phi) is 4.70. The molecule has 0 unspecified atom stereocenters. The first-order valence-corrected chi connectivity index (χ1v) is 8.15. The van der Waals surface area contributed by atoms with E-state index in [1.165, 1.54) is 6.20 Å². The molecule has 0 fully saturated rings. The fourth-order valence-electron chi connectivity index (χ4n) is 2.55. The number of amides is 1. The van der Waals surface area contributed by atoms with Crippen LogP contribution in [-0.4, -0.2) is 18.0 Å². The Balaban J connectivity index is 2.20. The average molecular weight is 376 g/mol. The van der Waals surface area contributed by atoms with Gasteiger partial charge < -0.3 is 15.8 Å². The van der Waals surface area contributed by atoms with E-state index in [9.17, 15) is 4.79 Å². The van der Waals surface area contributed by atoms with E-state index in [1.807, 2.05) is 25.1 Å². The number of aryl methyl sites for hydroxylation is 1. The number of methoxy groups -OCH3 is 1. The number of benzene rings is 2. The first-order valence-electron chi connectivity index (χ1n) is 7.40. The van der Waals surface area contributed by atoms with Crippen molar-refractivity contribution >= 4 is 51.4 Å². The second-order valence-corrected chi connectivity index (χ2v) is 6.31. The van der Waals surface area contributed by atoms with Crippen molar-refractivity contribution in [2.45, 2.75) is 6.92 Å². The summed E-state index contributed by atoms with van der Waals surface area (Å²) in [5, 5.41) is 4.68. The number of nitrogens with two attached hydrogens (primary N) is 1. The summed E-state index contributed by atoms with van der Waals surface area (Å²) >= 11 is 12.2. The zero-order chi connectivity index (χ0) is 18.1. The minimum atomic E-state index is -0.589. The minimum absolute atomic E-state index is 0.265. The Morgan fingerprint density at radius 3 is 2.56 bits per heavy atom. The molecule has 2 aromatic carbocycles. The number of ether oxygens (including phenoxy) is 1. The van der Waals surface area contributed by atoms with E-state index in [2.05, 4.69) is 10.3 Å². The molecular weight excluding hydrogens is 361 g/mol. The van der Waals surface area contributed by atoms with Crippen LogP contribution in [0.25, 0.3) is 10.9 Å². The van der Waals surface area contributed by atoms with Crippen LogP contribution in [0.1, 0.15) is 15.9 Å². The van der Waals surface area contributed by atoms with Crippen LogP contribution in [-0.2, 0) is 0 Å². The number of carbonyl (C=O) groups is 1. The van der Waals surface area contributed by atoms with Crippen molar-refractivity contribution in [1.29, 1.82) is 0 Å². The van der Waals surface area contributed by atoms with Gasteiger partial charge in [-0.1, -0.05) is 23.2 Å². The minimum Gasteiger partial charge on any atom is -0.497 e. The maximum atomic E-state index is 11.9. The topological polar surface area (TPSA) is 77.2 Å². The van der Waals surface area contributed by atoms with Crippen molar-refractivity contribution in [3.63, 3.8) is 0 Å². The number of primary amides is 1. The van der Waals surface area contributed by atoms with Crippen LogP contribution in [0.5, 0.6) is 5.75 Å². The van der Waals surface area contributed by atoms with Gasteiger partial charge in [0.15, 0.2) is 0 Å². The van der Waals surface area contributed by atoms with Crippen molar-refractivity contribution in [3.8, 4) is 5.75 Å². The number of hydrogen-bond donors (Lipinski definition) is 2. The summed E-state index contributed by atoms with van der Waals surface area (Å²) in [7, 11) is 1.61. The van der Waals surface area contributed by atoms with Crippen molar-refractivity contribution < 1.29 is 9.53 Å². The molecule has 0 bridgehead atoms. The number of hydrogen-bond acceptors (Lipinski definition) is 4. The summed E-state index contributed by atoms with van der Waals surface area (Å²) in [6.45, 7) is 1.93. The SMILES string of the molecule is COc1ccc(Nc2c(C(N)=O)cnc3cc(Cl)c(Cl)cc23)c(C)c1. The van der Waals surface area contributed by atoms with E-state index in [0.717, 1.165) is 17.0 Å². The fourth-order valence-corrected chi connectivity index (χ4v) is 2.87. The number of pyridine rings is 1. The summed E-state index contributed by atoms with van der Waals surface area (Å²) in [5.74, 6) is 0.154. The Morgan fingerprint density at radius 2 is 1.92 bits per heavy atom. The number of carbonyl (C=O) groups excluding carboxylic acids is 1.